The summed E-state index contributed by atoms with van der Waals surface area (Å²) in [6.07, 6.45) is -1.93. The van der Waals surface area contributed by atoms with Crippen LogP contribution in [-0.2, 0) is 12.0 Å². The minimum Gasteiger partial charge on any atom is -0.472 e. The van der Waals surface area contributed by atoms with Gasteiger partial charge in [0.15, 0.2) is 0 Å². The summed E-state index contributed by atoms with van der Waals surface area (Å²) in [6, 6.07) is 15.0. The van der Waals surface area contributed by atoms with Crippen molar-refractivity contribution in [1.29, 1.82) is 0 Å². The normalized spacial score (nSPS) is 19.3. The lowest BCUT2D eigenvalue weighted by Gasteiger charge is -2.31. The van der Waals surface area contributed by atoms with Crippen LogP contribution in [0.1, 0.15) is 37.4 Å². The molecule has 9 heteroatoms. The average molecular weight is 518 g/mol. The number of halogens is 5. The molecule has 2 aliphatic heterocycles. The molecule has 4 nitrogen and oxygen atoms in total. The van der Waals surface area contributed by atoms with Crippen LogP contribution < -0.4 is 4.74 Å². The smallest absolute Gasteiger partial charge is 0.432 e. The topological polar surface area (TPSA) is 46.6 Å². The molecule has 2 heterocycles. The molecule has 0 aliphatic carbocycles. The van der Waals surface area contributed by atoms with Crippen molar-refractivity contribution >= 4 is 41.1 Å². The van der Waals surface area contributed by atoms with Crippen LogP contribution in [0.25, 0.3) is 6.08 Å². The Kier molecular flexibility index (Phi) is 5.65. The van der Waals surface area contributed by atoms with Crippen LogP contribution in [0.2, 0.25) is 10.0 Å². The number of hydrogen-bond acceptors (Lipinski definition) is 3. The molecule has 5 rings (SSSR count). The van der Waals surface area contributed by atoms with Gasteiger partial charge in [0.1, 0.15) is 5.75 Å². The summed E-state index contributed by atoms with van der Waals surface area (Å²) in [4.78, 5) is 26.1. The van der Waals surface area contributed by atoms with Gasteiger partial charge in [0, 0.05) is 28.6 Å². The van der Waals surface area contributed by atoms with Gasteiger partial charge in [-0.1, -0.05) is 53.6 Å². The molecule has 0 N–H and O–H groups in total. The van der Waals surface area contributed by atoms with E-state index in [-0.39, 0.29) is 39.7 Å². The zero-order valence-corrected chi connectivity index (χ0v) is 19.4. The molecule has 0 radical (unpaired) electrons. The van der Waals surface area contributed by atoms with E-state index in [2.05, 4.69) is 0 Å². The average Bonchev–Trinajstić information content (AvgIpc) is 3.31. The highest BCUT2D eigenvalue weighted by molar-refractivity contribution is 6.34. The second kappa shape index (κ2) is 8.43. The second-order valence-electron chi connectivity index (χ2n) is 8.30. The molecule has 3 aromatic carbocycles. The number of imide groups is 1. The lowest BCUT2D eigenvalue weighted by molar-refractivity contribution is -0.248. The monoisotopic (exact) mass is 517 g/mol. The van der Waals surface area contributed by atoms with E-state index in [1.165, 1.54) is 24.3 Å². The first-order valence-electron chi connectivity index (χ1n) is 10.6. The Morgan fingerprint density at radius 2 is 1.57 bits per heavy atom. The Morgan fingerprint density at radius 3 is 2.17 bits per heavy atom. The number of fused-ring (bicyclic) bond motifs is 2. The molecule has 0 saturated heterocycles. The number of alkyl halides is 3. The lowest BCUT2D eigenvalue weighted by Crippen LogP contribution is -2.46. The van der Waals surface area contributed by atoms with Gasteiger partial charge in [-0.2, -0.15) is 13.2 Å². The number of amides is 2. The van der Waals surface area contributed by atoms with Gasteiger partial charge in [-0.3, -0.25) is 14.5 Å². The maximum atomic E-state index is 14.3. The number of carbonyl (C=O) groups excluding carboxylic acids is 2. The number of nitrogens with zero attached hydrogens (tertiary/aromatic N) is 1. The summed E-state index contributed by atoms with van der Waals surface area (Å²) < 4.78 is 48.4. The first-order valence-corrected chi connectivity index (χ1v) is 11.3. The van der Waals surface area contributed by atoms with Gasteiger partial charge in [0.25, 0.3) is 11.8 Å². The van der Waals surface area contributed by atoms with Crippen molar-refractivity contribution in [2.45, 2.75) is 18.2 Å². The molecule has 1 atom stereocenters. The van der Waals surface area contributed by atoms with Crippen molar-refractivity contribution < 1.29 is 27.5 Å². The van der Waals surface area contributed by atoms with Gasteiger partial charge in [0.05, 0.1) is 11.1 Å². The van der Waals surface area contributed by atoms with Crippen molar-refractivity contribution in [3.63, 3.8) is 0 Å². The number of rotatable bonds is 4. The van der Waals surface area contributed by atoms with Gasteiger partial charge < -0.3 is 4.74 Å². The standard InChI is InChI=1S/C26H16Cl2F3NO3/c27-18-11-17(12-19(28)13-18)25(26(29,30)31)14-16-10-15(7-8-22(16)35-25)4-3-9-32-23(33)20-5-1-2-6-21(20)24(32)34/h1-8,10-13H,9,14H2/b4-3-. The molecule has 1 unspecified atom stereocenters. The summed E-state index contributed by atoms with van der Waals surface area (Å²) in [6.45, 7) is 0.0352. The third kappa shape index (κ3) is 3.98. The number of hydrogen-bond donors (Lipinski definition) is 0. The molecule has 0 aromatic heterocycles. The third-order valence-electron chi connectivity index (χ3n) is 6.07. The SMILES string of the molecule is O=C1c2ccccc2C(=O)N1C/C=C\c1ccc2c(c1)CC(c1cc(Cl)cc(Cl)c1)(C(F)(F)F)O2. The Balaban J connectivity index is 1.38. The van der Waals surface area contributed by atoms with E-state index in [9.17, 15) is 22.8 Å². The summed E-state index contributed by atoms with van der Waals surface area (Å²) >= 11 is 11.9. The quantitative estimate of drug-likeness (QED) is 0.362. The molecule has 3 aromatic rings. The third-order valence-corrected chi connectivity index (χ3v) is 6.51. The van der Waals surface area contributed by atoms with Gasteiger partial charge in [-0.15, -0.1) is 0 Å². The molecule has 0 bridgehead atoms. The Morgan fingerprint density at radius 1 is 0.943 bits per heavy atom. The molecule has 178 valence electrons. The number of benzene rings is 3. The summed E-state index contributed by atoms with van der Waals surface area (Å²) in [5.41, 5.74) is -1.13. The second-order valence-corrected chi connectivity index (χ2v) is 9.17. The van der Waals surface area contributed by atoms with Crippen molar-refractivity contribution in [2.75, 3.05) is 6.54 Å². The van der Waals surface area contributed by atoms with E-state index in [1.54, 1.807) is 48.6 Å². The predicted molar refractivity (Wildman–Crippen MR) is 126 cm³/mol. The summed E-state index contributed by atoms with van der Waals surface area (Å²) in [5, 5.41) is 0.153. The molecule has 2 amide bonds. The van der Waals surface area contributed by atoms with Gasteiger partial charge in [-0.05, 0) is 53.6 Å². The molecular formula is C26H16Cl2F3NO3. The first kappa shape index (κ1) is 23.5. The number of ether oxygens (including phenoxy) is 1. The molecule has 35 heavy (non-hydrogen) atoms. The zero-order chi connectivity index (χ0) is 25.0. The van der Waals surface area contributed by atoms with Crippen LogP contribution in [0.15, 0.2) is 66.7 Å². The van der Waals surface area contributed by atoms with Crippen LogP contribution in [0.4, 0.5) is 13.2 Å². The van der Waals surface area contributed by atoms with Crippen LogP contribution in [0.5, 0.6) is 5.75 Å². The highest BCUT2D eigenvalue weighted by atomic mass is 35.5. The van der Waals surface area contributed by atoms with Crippen molar-refractivity contribution in [3.8, 4) is 5.75 Å². The minimum absolute atomic E-state index is 0.0352. The minimum atomic E-state index is -4.73. The van der Waals surface area contributed by atoms with Crippen molar-refractivity contribution in [2.24, 2.45) is 0 Å². The van der Waals surface area contributed by atoms with Crippen LogP contribution in [-0.4, -0.2) is 29.4 Å². The Labute approximate surface area is 208 Å². The van der Waals surface area contributed by atoms with E-state index in [1.807, 2.05) is 0 Å². The summed E-state index contributed by atoms with van der Waals surface area (Å²) in [5.74, 6) is -0.656. The maximum absolute atomic E-state index is 14.3. The maximum Gasteiger partial charge on any atom is 0.432 e. The number of carbonyl (C=O) groups is 2. The predicted octanol–water partition coefficient (Wildman–Crippen LogP) is 6.70. The van der Waals surface area contributed by atoms with Gasteiger partial charge in [-0.25, -0.2) is 0 Å². The fraction of sp³-hybridized carbons (Fsp3) is 0.154. The largest absolute Gasteiger partial charge is 0.472 e. The molecular weight excluding hydrogens is 502 g/mol. The van der Waals surface area contributed by atoms with Crippen LogP contribution >= 0.6 is 23.2 Å². The van der Waals surface area contributed by atoms with Crippen molar-refractivity contribution in [1.82, 2.24) is 4.90 Å². The Bertz CT molecular complexity index is 1350. The van der Waals surface area contributed by atoms with Gasteiger partial charge in [0.2, 0.25) is 5.60 Å². The molecule has 0 spiro atoms. The highest BCUT2D eigenvalue weighted by Gasteiger charge is 2.61. The molecule has 0 saturated carbocycles. The molecule has 0 fully saturated rings. The van der Waals surface area contributed by atoms with E-state index in [0.29, 0.717) is 22.3 Å². The fourth-order valence-electron chi connectivity index (χ4n) is 4.40. The van der Waals surface area contributed by atoms with E-state index < -0.39 is 18.2 Å². The molecule has 2 aliphatic rings. The first-order chi connectivity index (χ1) is 16.6. The van der Waals surface area contributed by atoms with Crippen molar-refractivity contribution in [3.05, 3.63) is 105 Å². The van der Waals surface area contributed by atoms with E-state index >= 15 is 0 Å². The van der Waals surface area contributed by atoms with Crippen LogP contribution in [0.3, 0.4) is 0 Å². The van der Waals surface area contributed by atoms with Gasteiger partial charge >= 0.3 is 6.18 Å². The zero-order valence-electron chi connectivity index (χ0n) is 17.9. The van der Waals surface area contributed by atoms with E-state index in [4.69, 9.17) is 27.9 Å². The highest BCUT2D eigenvalue weighted by Crippen LogP contribution is 2.51. The fourth-order valence-corrected chi connectivity index (χ4v) is 4.93. The lowest BCUT2D eigenvalue weighted by atomic mass is 9.88. The van der Waals surface area contributed by atoms with E-state index in [0.717, 1.165) is 4.90 Å². The summed E-state index contributed by atoms with van der Waals surface area (Å²) in [7, 11) is 0. The Hall–Kier alpha value is -3.29. The van der Waals surface area contributed by atoms with Crippen LogP contribution in [0, 0.1) is 0 Å².